The van der Waals surface area contributed by atoms with Crippen LogP contribution in [0.3, 0.4) is 0 Å². The Kier molecular flexibility index (Phi) is 2.91. The smallest absolute Gasteiger partial charge is 0.252 e. The molecule has 18 heavy (non-hydrogen) atoms. The summed E-state index contributed by atoms with van der Waals surface area (Å²) in [4.78, 5) is 5.38. The molecule has 98 valence electrons. The SMILES string of the molecule is O=S(=O)(c1cccs1)N1CCC2(CC=NO2)CC1. The second-order valence-corrected chi connectivity index (χ2v) is 7.72. The minimum Gasteiger partial charge on any atom is -0.389 e. The van der Waals surface area contributed by atoms with Gasteiger partial charge in [0, 0.05) is 38.6 Å². The van der Waals surface area contributed by atoms with Crippen molar-refractivity contribution >= 4 is 27.6 Å². The van der Waals surface area contributed by atoms with Crippen LogP contribution in [0.15, 0.2) is 26.9 Å². The van der Waals surface area contributed by atoms with Crippen molar-refractivity contribution < 1.29 is 13.3 Å². The fourth-order valence-corrected chi connectivity index (χ4v) is 4.94. The van der Waals surface area contributed by atoms with Crippen molar-refractivity contribution in [3.8, 4) is 0 Å². The van der Waals surface area contributed by atoms with Gasteiger partial charge in [-0.1, -0.05) is 11.2 Å². The molecule has 1 saturated heterocycles. The van der Waals surface area contributed by atoms with Crippen molar-refractivity contribution in [3.05, 3.63) is 17.5 Å². The number of hydrogen-bond donors (Lipinski definition) is 0. The van der Waals surface area contributed by atoms with Gasteiger partial charge in [-0.3, -0.25) is 0 Å². The molecule has 2 aliphatic heterocycles. The summed E-state index contributed by atoms with van der Waals surface area (Å²) in [6, 6.07) is 3.41. The van der Waals surface area contributed by atoms with Gasteiger partial charge in [-0.25, -0.2) is 8.42 Å². The quantitative estimate of drug-likeness (QED) is 0.831. The summed E-state index contributed by atoms with van der Waals surface area (Å²) in [6.07, 6.45) is 3.97. The minimum atomic E-state index is -3.31. The van der Waals surface area contributed by atoms with Crippen LogP contribution in [-0.2, 0) is 14.9 Å². The lowest BCUT2D eigenvalue weighted by molar-refractivity contribution is -0.0506. The molecule has 0 unspecified atom stereocenters. The lowest BCUT2D eigenvalue weighted by Gasteiger charge is -2.36. The molecule has 3 heterocycles. The lowest BCUT2D eigenvalue weighted by atomic mass is 9.90. The largest absolute Gasteiger partial charge is 0.389 e. The highest BCUT2D eigenvalue weighted by molar-refractivity contribution is 7.91. The van der Waals surface area contributed by atoms with Gasteiger partial charge in [0.1, 0.15) is 9.81 Å². The number of sulfonamides is 1. The van der Waals surface area contributed by atoms with Crippen LogP contribution in [0.25, 0.3) is 0 Å². The Morgan fingerprint density at radius 3 is 2.72 bits per heavy atom. The van der Waals surface area contributed by atoms with Gasteiger partial charge < -0.3 is 4.84 Å². The zero-order valence-corrected chi connectivity index (χ0v) is 11.4. The van der Waals surface area contributed by atoms with E-state index in [1.807, 2.05) is 0 Å². The fraction of sp³-hybridized carbons (Fsp3) is 0.545. The topological polar surface area (TPSA) is 59.0 Å². The molecular formula is C11H14N2O3S2. The number of nitrogens with zero attached hydrogens (tertiary/aromatic N) is 2. The van der Waals surface area contributed by atoms with E-state index in [9.17, 15) is 8.42 Å². The second kappa shape index (κ2) is 4.32. The Morgan fingerprint density at radius 1 is 1.39 bits per heavy atom. The summed E-state index contributed by atoms with van der Waals surface area (Å²) < 4.78 is 26.6. The number of rotatable bonds is 2. The van der Waals surface area contributed by atoms with Crippen molar-refractivity contribution in [1.29, 1.82) is 0 Å². The van der Waals surface area contributed by atoms with Crippen LogP contribution in [0.4, 0.5) is 0 Å². The maximum Gasteiger partial charge on any atom is 0.252 e. The molecule has 0 atom stereocenters. The van der Waals surface area contributed by atoms with Gasteiger partial charge in [-0.2, -0.15) is 4.31 Å². The minimum absolute atomic E-state index is 0.249. The third kappa shape index (κ3) is 1.96. The summed E-state index contributed by atoms with van der Waals surface area (Å²) in [5.41, 5.74) is -0.249. The molecule has 0 radical (unpaired) electrons. The number of piperidine rings is 1. The monoisotopic (exact) mass is 286 g/mol. The van der Waals surface area contributed by atoms with Gasteiger partial charge >= 0.3 is 0 Å². The predicted molar refractivity (Wildman–Crippen MR) is 69.2 cm³/mol. The molecule has 2 aliphatic rings. The molecule has 0 saturated carbocycles. The predicted octanol–water partition coefficient (Wildman–Crippen LogP) is 1.68. The van der Waals surface area contributed by atoms with Crippen LogP contribution >= 0.6 is 11.3 Å². The molecular weight excluding hydrogens is 272 g/mol. The van der Waals surface area contributed by atoms with Crippen LogP contribution in [0, 0.1) is 0 Å². The van der Waals surface area contributed by atoms with Gasteiger partial charge in [-0.05, 0) is 11.4 Å². The highest BCUT2D eigenvalue weighted by Gasteiger charge is 2.42. The van der Waals surface area contributed by atoms with E-state index < -0.39 is 10.0 Å². The van der Waals surface area contributed by atoms with E-state index in [0.29, 0.717) is 30.1 Å². The Morgan fingerprint density at radius 2 is 2.17 bits per heavy atom. The Balaban J connectivity index is 1.73. The van der Waals surface area contributed by atoms with E-state index in [1.165, 1.54) is 11.3 Å². The van der Waals surface area contributed by atoms with Gasteiger partial charge in [0.2, 0.25) is 0 Å². The maximum atomic E-state index is 12.3. The summed E-state index contributed by atoms with van der Waals surface area (Å²) in [7, 11) is -3.31. The van der Waals surface area contributed by atoms with Crippen molar-refractivity contribution in [3.63, 3.8) is 0 Å². The first-order valence-electron chi connectivity index (χ1n) is 5.86. The molecule has 0 amide bonds. The zero-order chi connectivity index (χ0) is 12.6. The lowest BCUT2D eigenvalue weighted by Crippen LogP contribution is -2.46. The highest BCUT2D eigenvalue weighted by atomic mass is 32.2. The fourth-order valence-electron chi connectivity index (χ4n) is 2.36. The normalized spacial score (nSPS) is 23.3. The molecule has 5 nitrogen and oxygen atoms in total. The zero-order valence-electron chi connectivity index (χ0n) is 9.78. The van der Waals surface area contributed by atoms with Crippen LogP contribution in [0.5, 0.6) is 0 Å². The number of thiophene rings is 1. The maximum absolute atomic E-state index is 12.3. The Bertz CT molecular complexity index is 533. The van der Waals surface area contributed by atoms with Crippen LogP contribution in [0.2, 0.25) is 0 Å². The average molecular weight is 286 g/mol. The van der Waals surface area contributed by atoms with Crippen LogP contribution < -0.4 is 0 Å². The third-order valence-electron chi connectivity index (χ3n) is 3.51. The van der Waals surface area contributed by atoms with E-state index in [0.717, 1.165) is 6.42 Å². The summed E-state index contributed by atoms with van der Waals surface area (Å²) in [5.74, 6) is 0. The molecule has 1 aromatic heterocycles. The van der Waals surface area contributed by atoms with Crippen molar-refractivity contribution in [2.45, 2.75) is 29.1 Å². The second-order valence-electron chi connectivity index (χ2n) is 4.60. The molecule has 0 aromatic carbocycles. The molecule has 0 aliphatic carbocycles. The summed E-state index contributed by atoms with van der Waals surface area (Å²) in [6.45, 7) is 1.01. The first-order valence-corrected chi connectivity index (χ1v) is 8.18. The first-order chi connectivity index (χ1) is 8.62. The number of oxime groups is 1. The van der Waals surface area contributed by atoms with E-state index in [-0.39, 0.29) is 5.60 Å². The van der Waals surface area contributed by atoms with Crippen LogP contribution in [0.1, 0.15) is 19.3 Å². The van der Waals surface area contributed by atoms with E-state index in [1.54, 1.807) is 28.0 Å². The Hall–Kier alpha value is -0.920. The molecule has 0 N–H and O–H groups in total. The van der Waals surface area contributed by atoms with Crippen LogP contribution in [-0.4, -0.2) is 37.6 Å². The van der Waals surface area contributed by atoms with E-state index in [4.69, 9.17) is 4.84 Å². The van der Waals surface area contributed by atoms with Gasteiger partial charge in [0.05, 0.1) is 0 Å². The number of hydrogen-bond acceptors (Lipinski definition) is 5. The standard InChI is InChI=1S/C11H14N2O3S2/c14-18(15,10-2-1-9-17-10)13-7-4-11(5-8-13)3-6-12-16-11/h1-2,6,9H,3-5,7-8H2. The van der Waals surface area contributed by atoms with E-state index >= 15 is 0 Å². The highest BCUT2D eigenvalue weighted by Crippen LogP contribution is 2.34. The molecule has 1 fully saturated rings. The van der Waals surface area contributed by atoms with Crippen molar-refractivity contribution in [2.24, 2.45) is 5.16 Å². The first kappa shape index (κ1) is 12.1. The average Bonchev–Trinajstić information content (AvgIpc) is 3.01. The van der Waals surface area contributed by atoms with Gasteiger partial charge in [-0.15, -0.1) is 11.3 Å². The molecule has 1 spiro atoms. The van der Waals surface area contributed by atoms with Gasteiger partial charge in [0.15, 0.2) is 0 Å². The molecule has 0 bridgehead atoms. The Labute approximate surface area is 110 Å². The summed E-state index contributed by atoms with van der Waals surface area (Å²) in [5, 5.41) is 5.59. The van der Waals surface area contributed by atoms with Crippen molar-refractivity contribution in [2.75, 3.05) is 13.1 Å². The van der Waals surface area contributed by atoms with Crippen molar-refractivity contribution in [1.82, 2.24) is 4.31 Å². The molecule has 1 aromatic rings. The molecule has 3 rings (SSSR count). The third-order valence-corrected chi connectivity index (χ3v) is 6.78. The van der Waals surface area contributed by atoms with Gasteiger partial charge in [0.25, 0.3) is 10.0 Å². The van der Waals surface area contributed by atoms with E-state index in [2.05, 4.69) is 5.16 Å². The summed E-state index contributed by atoms with van der Waals surface area (Å²) >= 11 is 1.26. The molecule has 7 heteroatoms.